The van der Waals surface area contributed by atoms with Gasteiger partial charge in [0.05, 0.1) is 4.90 Å². The number of halogens is 1. The molecule has 3 aromatic rings. The second-order valence-electron chi connectivity index (χ2n) is 7.07. The zero-order chi connectivity index (χ0) is 21.1. The fraction of sp³-hybridized carbons (Fsp3) is 0.174. The molecule has 1 aliphatic rings. The Kier molecular flexibility index (Phi) is 6.04. The fourth-order valence-corrected chi connectivity index (χ4v) is 5.93. The number of hydrogen-bond acceptors (Lipinski definition) is 3. The smallest absolute Gasteiger partial charge is 0.253 e. The van der Waals surface area contributed by atoms with Gasteiger partial charge in [0.15, 0.2) is 0 Å². The van der Waals surface area contributed by atoms with Gasteiger partial charge < -0.3 is 4.90 Å². The molecule has 0 radical (unpaired) electrons. The highest BCUT2D eigenvalue weighted by molar-refractivity contribution is 9.10. The van der Waals surface area contributed by atoms with Crippen molar-refractivity contribution in [3.8, 4) is 11.1 Å². The van der Waals surface area contributed by atoms with Gasteiger partial charge in [-0.15, -0.1) is 0 Å². The van der Waals surface area contributed by atoms with Crippen LogP contribution < -0.4 is 0 Å². The van der Waals surface area contributed by atoms with Crippen molar-refractivity contribution >= 4 is 31.9 Å². The molecule has 1 saturated heterocycles. The predicted molar refractivity (Wildman–Crippen MR) is 121 cm³/mol. The third-order valence-corrected chi connectivity index (χ3v) is 8.13. The average molecular weight is 485 g/mol. The third-order valence-electron chi connectivity index (χ3n) is 5.22. The van der Waals surface area contributed by atoms with E-state index in [1.807, 2.05) is 54.6 Å². The van der Waals surface area contributed by atoms with Crippen molar-refractivity contribution in [1.82, 2.24) is 9.21 Å². The van der Waals surface area contributed by atoms with Crippen LogP contribution in [0.4, 0.5) is 0 Å². The van der Waals surface area contributed by atoms with Gasteiger partial charge in [-0.3, -0.25) is 4.79 Å². The average Bonchev–Trinajstić information content (AvgIpc) is 2.79. The van der Waals surface area contributed by atoms with Crippen LogP contribution in [-0.2, 0) is 10.0 Å². The van der Waals surface area contributed by atoms with Crippen LogP contribution in [0.15, 0.2) is 88.2 Å². The Bertz CT molecular complexity index is 1140. The van der Waals surface area contributed by atoms with Gasteiger partial charge >= 0.3 is 0 Å². The summed E-state index contributed by atoms with van der Waals surface area (Å²) < 4.78 is 27.8. The quantitative estimate of drug-likeness (QED) is 0.555. The molecule has 5 nitrogen and oxygen atoms in total. The first-order valence-corrected chi connectivity index (χ1v) is 11.9. The molecule has 0 N–H and O–H groups in total. The zero-order valence-electron chi connectivity index (χ0n) is 16.2. The molecule has 1 aliphatic heterocycles. The Hall–Kier alpha value is -2.48. The molecule has 0 aliphatic carbocycles. The Morgan fingerprint density at radius 3 is 1.93 bits per heavy atom. The van der Waals surface area contributed by atoms with Crippen LogP contribution in [0.1, 0.15) is 10.4 Å². The molecule has 4 rings (SSSR count). The molecule has 0 saturated carbocycles. The number of carbonyl (C=O) groups excluding carboxylic acids is 1. The molecule has 154 valence electrons. The minimum atomic E-state index is -3.59. The van der Waals surface area contributed by atoms with Gasteiger partial charge in [-0.05, 0) is 51.3 Å². The summed E-state index contributed by atoms with van der Waals surface area (Å²) in [6.45, 7) is 1.28. The number of sulfonamides is 1. The molecule has 0 unspecified atom stereocenters. The van der Waals surface area contributed by atoms with E-state index < -0.39 is 10.0 Å². The van der Waals surface area contributed by atoms with E-state index in [1.165, 1.54) is 4.31 Å². The highest BCUT2D eigenvalue weighted by Gasteiger charge is 2.31. The summed E-state index contributed by atoms with van der Waals surface area (Å²) in [5.74, 6) is -0.0763. The van der Waals surface area contributed by atoms with E-state index in [0.29, 0.717) is 23.1 Å². The van der Waals surface area contributed by atoms with E-state index in [1.54, 1.807) is 29.2 Å². The van der Waals surface area contributed by atoms with E-state index in [-0.39, 0.29) is 23.9 Å². The van der Waals surface area contributed by atoms with Gasteiger partial charge in [-0.2, -0.15) is 4.31 Å². The Labute approximate surface area is 185 Å². The van der Waals surface area contributed by atoms with E-state index in [2.05, 4.69) is 15.9 Å². The molecule has 0 atom stereocenters. The fourth-order valence-electron chi connectivity index (χ4n) is 3.54. The van der Waals surface area contributed by atoms with Gasteiger partial charge in [0, 0.05) is 36.2 Å². The zero-order valence-corrected chi connectivity index (χ0v) is 18.6. The first-order chi connectivity index (χ1) is 14.5. The maximum Gasteiger partial charge on any atom is 0.253 e. The highest BCUT2D eigenvalue weighted by atomic mass is 79.9. The number of carbonyl (C=O) groups is 1. The number of piperazine rings is 1. The van der Waals surface area contributed by atoms with Crippen molar-refractivity contribution in [2.75, 3.05) is 26.2 Å². The van der Waals surface area contributed by atoms with Gasteiger partial charge in [0.1, 0.15) is 0 Å². The lowest BCUT2D eigenvalue weighted by atomic mass is 10.0. The molecule has 30 heavy (non-hydrogen) atoms. The maximum absolute atomic E-state index is 12.9. The first-order valence-electron chi connectivity index (χ1n) is 9.66. The van der Waals surface area contributed by atoms with E-state index in [4.69, 9.17) is 0 Å². The molecule has 1 heterocycles. The predicted octanol–water partition coefficient (Wildman–Crippen LogP) is 4.26. The van der Waals surface area contributed by atoms with Crippen LogP contribution in [0, 0.1) is 0 Å². The molecule has 7 heteroatoms. The number of hydrogen-bond donors (Lipinski definition) is 0. The van der Waals surface area contributed by atoms with Gasteiger partial charge in [-0.1, -0.05) is 54.6 Å². The van der Waals surface area contributed by atoms with Crippen molar-refractivity contribution in [3.63, 3.8) is 0 Å². The molecule has 0 bridgehead atoms. The first kappa shape index (κ1) is 20.8. The second-order valence-corrected chi connectivity index (χ2v) is 9.83. The van der Waals surface area contributed by atoms with Crippen molar-refractivity contribution in [1.29, 1.82) is 0 Å². The lowest BCUT2D eigenvalue weighted by Crippen LogP contribution is -2.50. The topological polar surface area (TPSA) is 57.7 Å². The largest absolute Gasteiger partial charge is 0.336 e. The molecule has 3 aromatic carbocycles. The third kappa shape index (κ3) is 4.19. The van der Waals surface area contributed by atoms with Gasteiger partial charge in [0.25, 0.3) is 5.91 Å². The number of nitrogens with zero attached hydrogens (tertiary/aromatic N) is 2. The van der Waals surface area contributed by atoms with Crippen LogP contribution >= 0.6 is 15.9 Å². The van der Waals surface area contributed by atoms with Crippen molar-refractivity contribution in [2.24, 2.45) is 0 Å². The summed E-state index contributed by atoms with van der Waals surface area (Å²) in [7, 11) is -3.59. The molecule has 0 aromatic heterocycles. The molecule has 1 amide bonds. The lowest BCUT2D eigenvalue weighted by molar-refractivity contribution is 0.0698. The summed E-state index contributed by atoms with van der Waals surface area (Å²) in [4.78, 5) is 14.8. The summed E-state index contributed by atoms with van der Waals surface area (Å²) in [5.41, 5.74) is 2.76. The molecular formula is C23H21BrN2O3S. The Balaban J connectivity index is 1.43. The van der Waals surface area contributed by atoms with Crippen LogP contribution in [0.2, 0.25) is 0 Å². The van der Waals surface area contributed by atoms with Crippen LogP contribution in [0.5, 0.6) is 0 Å². The van der Waals surface area contributed by atoms with E-state index in [0.717, 1.165) is 11.1 Å². The monoisotopic (exact) mass is 484 g/mol. The van der Waals surface area contributed by atoms with E-state index >= 15 is 0 Å². The highest BCUT2D eigenvalue weighted by Crippen LogP contribution is 2.26. The lowest BCUT2D eigenvalue weighted by Gasteiger charge is -2.34. The molecule has 1 fully saturated rings. The minimum absolute atomic E-state index is 0.0763. The summed E-state index contributed by atoms with van der Waals surface area (Å²) in [6.07, 6.45) is 0. The standard InChI is InChI=1S/C23H21BrN2O3S/c24-21-8-4-5-9-22(21)30(28,29)26-16-14-25(15-17-26)23(27)20-12-10-19(11-13-20)18-6-2-1-3-7-18/h1-13H,14-17H2. The summed E-state index contributed by atoms with van der Waals surface area (Å²) in [6, 6.07) is 24.3. The van der Waals surface area contributed by atoms with Crippen LogP contribution in [0.25, 0.3) is 11.1 Å². The van der Waals surface area contributed by atoms with Crippen molar-refractivity contribution < 1.29 is 13.2 Å². The van der Waals surface area contributed by atoms with Crippen LogP contribution in [-0.4, -0.2) is 49.7 Å². The SMILES string of the molecule is O=C(c1ccc(-c2ccccc2)cc1)N1CCN(S(=O)(=O)c2ccccc2Br)CC1. The Morgan fingerprint density at radius 1 is 0.733 bits per heavy atom. The molecular weight excluding hydrogens is 464 g/mol. The summed E-state index contributed by atoms with van der Waals surface area (Å²) >= 11 is 3.32. The second kappa shape index (κ2) is 8.71. The summed E-state index contributed by atoms with van der Waals surface area (Å²) in [5, 5.41) is 0. The number of amides is 1. The molecule has 0 spiro atoms. The normalized spacial score (nSPS) is 15.2. The number of rotatable bonds is 4. The minimum Gasteiger partial charge on any atom is -0.336 e. The van der Waals surface area contributed by atoms with Crippen molar-refractivity contribution in [2.45, 2.75) is 4.90 Å². The Morgan fingerprint density at radius 2 is 1.30 bits per heavy atom. The van der Waals surface area contributed by atoms with Crippen LogP contribution in [0.3, 0.4) is 0 Å². The van der Waals surface area contributed by atoms with Crippen molar-refractivity contribution in [3.05, 3.63) is 88.9 Å². The number of benzene rings is 3. The maximum atomic E-state index is 12.9. The van der Waals surface area contributed by atoms with Gasteiger partial charge in [0.2, 0.25) is 10.0 Å². The van der Waals surface area contributed by atoms with E-state index in [9.17, 15) is 13.2 Å². The van der Waals surface area contributed by atoms with Gasteiger partial charge in [-0.25, -0.2) is 8.42 Å².